The molecule has 0 radical (unpaired) electrons. The first-order chi connectivity index (χ1) is 9.95. The summed E-state index contributed by atoms with van der Waals surface area (Å²) in [6, 6.07) is 3.72. The number of aliphatic carboxylic acids is 1. The molecule has 2 amide bonds. The Balaban J connectivity index is 1.99. The first-order valence-corrected chi connectivity index (χ1v) is 7.48. The zero-order valence-electron chi connectivity index (χ0n) is 11.3. The van der Waals surface area contributed by atoms with Gasteiger partial charge in [-0.05, 0) is 52.9 Å². The quantitative estimate of drug-likeness (QED) is 0.870. The van der Waals surface area contributed by atoms with E-state index in [1.165, 1.54) is 18.2 Å². The van der Waals surface area contributed by atoms with Crippen molar-refractivity contribution >= 4 is 33.6 Å². The van der Waals surface area contributed by atoms with Gasteiger partial charge in [0, 0.05) is 24.0 Å². The molecule has 7 heteroatoms. The molecule has 1 saturated heterocycles. The van der Waals surface area contributed by atoms with Crippen LogP contribution in [0.25, 0.3) is 0 Å². The Hall–Kier alpha value is -1.63. The third-order valence-electron chi connectivity index (χ3n) is 3.44. The summed E-state index contributed by atoms with van der Waals surface area (Å²) in [4.78, 5) is 24.5. The predicted molar refractivity (Wildman–Crippen MR) is 79.7 cm³/mol. The van der Waals surface area contributed by atoms with Crippen molar-refractivity contribution in [1.82, 2.24) is 4.90 Å². The van der Waals surface area contributed by atoms with E-state index < -0.39 is 11.8 Å². The summed E-state index contributed by atoms with van der Waals surface area (Å²) in [5, 5.41) is 11.5. The van der Waals surface area contributed by atoms with Crippen molar-refractivity contribution in [3.05, 3.63) is 28.5 Å². The minimum Gasteiger partial charge on any atom is -0.481 e. The molecule has 1 aliphatic heterocycles. The lowest BCUT2D eigenvalue weighted by Gasteiger charge is -2.32. The van der Waals surface area contributed by atoms with Crippen LogP contribution >= 0.6 is 15.9 Å². The van der Waals surface area contributed by atoms with E-state index in [1.807, 2.05) is 0 Å². The summed E-state index contributed by atoms with van der Waals surface area (Å²) in [6.45, 7) is 0.986. The number of carbonyl (C=O) groups excluding carboxylic acids is 1. The molecule has 0 aliphatic carbocycles. The lowest BCUT2D eigenvalue weighted by molar-refractivity contribution is -0.138. The second-order valence-corrected chi connectivity index (χ2v) is 5.96. The molecule has 0 aromatic heterocycles. The average Bonchev–Trinajstić information content (AvgIpc) is 2.42. The molecular formula is C14H16BrFN2O3. The fourth-order valence-electron chi connectivity index (χ4n) is 2.45. The van der Waals surface area contributed by atoms with E-state index in [2.05, 4.69) is 21.2 Å². The number of anilines is 1. The molecule has 1 atom stereocenters. The van der Waals surface area contributed by atoms with Crippen molar-refractivity contribution in [2.45, 2.75) is 19.3 Å². The van der Waals surface area contributed by atoms with E-state index >= 15 is 0 Å². The van der Waals surface area contributed by atoms with E-state index in [1.54, 1.807) is 4.90 Å². The van der Waals surface area contributed by atoms with Crippen LogP contribution in [0.4, 0.5) is 14.9 Å². The Morgan fingerprint density at radius 1 is 1.48 bits per heavy atom. The van der Waals surface area contributed by atoms with Crippen molar-refractivity contribution in [1.29, 1.82) is 0 Å². The number of urea groups is 1. The zero-order chi connectivity index (χ0) is 15.4. The number of carbonyl (C=O) groups is 2. The van der Waals surface area contributed by atoms with Crippen LogP contribution in [0.3, 0.4) is 0 Å². The molecule has 1 aromatic rings. The molecule has 2 rings (SSSR count). The number of amides is 2. The molecule has 5 nitrogen and oxygen atoms in total. The van der Waals surface area contributed by atoms with Crippen LogP contribution in [-0.4, -0.2) is 35.1 Å². The van der Waals surface area contributed by atoms with E-state index in [9.17, 15) is 14.0 Å². The second-order valence-electron chi connectivity index (χ2n) is 5.11. The maximum atomic E-state index is 13.2. The highest BCUT2D eigenvalue weighted by Crippen LogP contribution is 2.25. The van der Waals surface area contributed by atoms with E-state index in [0.29, 0.717) is 23.2 Å². The standard InChI is InChI=1S/C14H16BrFN2O3/c15-11-4-3-10(16)7-12(11)17-14(21)18-5-1-2-9(8-18)6-13(19)20/h3-4,7,9H,1-2,5-6,8H2,(H,17,21)(H,19,20). The third-order valence-corrected chi connectivity index (χ3v) is 4.13. The molecule has 1 aliphatic rings. The van der Waals surface area contributed by atoms with Gasteiger partial charge in [-0.25, -0.2) is 9.18 Å². The summed E-state index contributed by atoms with van der Waals surface area (Å²) < 4.78 is 13.8. The molecule has 0 spiro atoms. The van der Waals surface area contributed by atoms with Gasteiger partial charge in [0.05, 0.1) is 5.69 Å². The fraction of sp³-hybridized carbons (Fsp3) is 0.429. The number of hydrogen-bond donors (Lipinski definition) is 2. The minimum atomic E-state index is -0.852. The first-order valence-electron chi connectivity index (χ1n) is 6.68. The van der Waals surface area contributed by atoms with Gasteiger partial charge in [-0.3, -0.25) is 4.79 Å². The molecule has 0 saturated carbocycles. The largest absolute Gasteiger partial charge is 0.481 e. The molecule has 1 unspecified atom stereocenters. The topological polar surface area (TPSA) is 69.6 Å². The summed E-state index contributed by atoms with van der Waals surface area (Å²) in [6.07, 6.45) is 1.64. The number of nitrogens with zero attached hydrogens (tertiary/aromatic N) is 1. The van der Waals surface area contributed by atoms with Gasteiger partial charge < -0.3 is 15.3 Å². The summed E-state index contributed by atoms with van der Waals surface area (Å²) in [5.74, 6) is -1.32. The highest BCUT2D eigenvalue weighted by molar-refractivity contribution is 9.10. The van der Waals surface area contributed by atoms with Crippen LogP contribution in [0.2, 0.25) is 0 Å². The Morgan fingerprint density at radius 2 is 2.24 bits per heavy atom. The van der Waals surface area contributed by atoms with Gasteiger partial charge in [0.15, 0.2) is 0 Å². The van der Waals surface area contributed by atoms with Gasteiger partial charge in [0.1, 0.15) is 5.82 Å². The average molecular weight is 359 g/mol. The van der Waals surface area contributed by atoms with Crippen LogP contribution in [-0.2, 0) is 4.79 Å². The Bertz CT molecular complexity index is 553. The number of likely N-dealkylation sites (tertiary alicyclic amines) is 1. The molecule has 114 valence electrons. The summed E-state index contributed by atoms with van der Waals surface area (Å²) in [7, 11) is 0. The van der Waals surface area contributed by atoms with Crippen molar-refractivity contribution in [2.24, 2.45) is 5.92 Å². The number of nitrogens with one attached hydrogen (secondary N) is 1. The summed E-state index contributed by atoms with van der Waals surface area (Å²) in [5.41, 5.74) is 0.361. The first kappa shape index (κ1) is 15.8. The van der Waals surface area contributed by atoms with Gasteiger partial charge in [0.2, 0.25) is 0 Å². The van der Waals surface area contributed by atoms with Crippen LogP contribution < -0.4 is 5.32 Å². The second kappa shape index (κ2) is 6.89. The van der Waals surface area contributed by atoms with Crippen molar-refractivity contribution in [2.75, 3.05) is 18.4 Å². The predicted octanol–water partition coefficient (Wildman–Crippen LogP) is 3.31. The zero-order valence-corrected chi connectivity index (χ0v) is 12.9. The molecule has 1 aromatic carbocycles. The number of rotatable bonds is 3. The van der Waals surface area contributed by atoms with Crippen molar-refractivity contribution in [3.8, 4) is 0 Å². The number of carboxylic acid groups (broad SMARTS) is 1. The maximum Gasteiger partial charge on any atom is 0.321 e. The van der Waals surface area contributed by atoms with Crippen molar-refractivity contribution < 1.29 is 19.1 Å². The van der Waals surface area contributed by atoms with Crippen LogP contribution in [0, 0.1) is 11.7 Å². The SMILES string of the molecule is O=C(O)CC1CCCN(C(=O)Nc2cc(F)ccc2Br)C1. The van der Waals surface area contributed by atoms with E-state index in [-0.39, 0.29) is 18.4 Å². The van der Waals surface area contributed by atoms with Gasteiger partial charge in [-0.15, -0.1) is 0 Å². The highest BCUT2D eigenvalue weighted by atomic mass is 79.9. The number of benzene rings is 1. The van der Waals surface area contributed by atoms with Gasteiger partial charge in [0.25, 0.3) is 0 Å². The van der Waals surface area contributed by atoms with Crippen LogP contribution in [0.1, 0.15) is 19.3 Å². The Morgan fingerprint density at radius 3 is 2.95 bits per heavy atom. The van der Waals surface area contributed by atoms with Crippen LogP contribution in [0.15, 0.2) is 22.7 Å². The molecule has 0 bridgehead atoms. The van der Waals surface area contributed by atoms with Gasteiger partial charge >= 0.3 is 12.0 Å². The molecular weight excluding hydrogens is 343 g/mol. The Labute approximate surface area is 130 Å². The third kappa shape index (κ3) is 4.42. The van der Waals surface area contributed by atoms with Crippen LogP contribution in [0.5, 0.6) is 0 Å². The van der Waals surface area contributed by atoms with Gasteiger partial charge in [-0.1, -0.05) is 0 Å². The molecule has 1 heterocycles. The molecule has 2 N–H and O–H groups in total. The smallest absolute Gasteiger partial charge is 0.321 e. The number of carboxylic acids is 1. The lowest BCUT2D eigenvalue weighted by atomic mass is 9.95. The van der Waals surface area contributed by atoms with Crippen molar-refractivity contribution in [3.63, 3.8) is 0 Å². The summed E-state index contributed by atoms with van der Waals surface area (Å²) >= 11 is 3.25. The van der Waals surface area contributed by atoms with E-state index in [0.717, 1.165) is 12.8 Å². The monoisotopic (exact) mass is 358 g/mol. The highest BCUT2D eigenvalue weighted by Gasteiger charge is 2.25. The minimum absolute atomic E-state index is 0.0297. The number of halogens is 2. The molecule has 21 heavy (non-hydrogen) atoms. The molecule has 1 fully saturated rings. The number of piperidine rings is 1. The van der Waals surface area contributed by atoms with E-state index in [4.69, 9.17) is 5.11 Å². The lowest BCUT2D eigenvalue weighted by Crippen LogP contribution is -2.42. The Kier molecular flexibility index (Phi) is 5.17. The van der Waals surface area contributed by atoms with Gasteiger partial charge in [-0.2, -0.15) is 0 Å². The normalized spacial score (nSPS) is 18.4. The fourth-order valence-corrected chi connectivity index (χ4v) is 2.80. The maximum absolute atomic E-state index is 13.2. The number of hydrogen-bond acceptors (Lipinski definition) is 2.